The molecular formula is C24H24N2O4S. The van der Waals surface area contributed by atoms with Crippen molar-refractivity contribution in [2.75, 3.05) is 31.1 Å². The molecule has 0 unspecified atom stereocenters. The normalized spacial score (nSPS) is 15.3. The van der Waals surface area contributed by atoms with Crippen molar-refractivity contribution in [1.82, 2.24) is 4.90 Å². The van der Waals surface area contributed by atoms with Crippen LogP contribution in [0.15, 0.2) is 63.9 Å². The summed E-state index contributed by atoms with van der Waals surface area (Å²) >= 11 is 0.924. The molecule has 2 amide bonds. The molecular weight excluding hydrogens is 412 g/mol. The highest BCUT2D eigenvalue weighted by Gasteiger charge is 2.35. The quantitative estimate of drug-likeness (QED) is 0.441. The Morgan fingerprint density at radius 1 is 1.03 bits per heavy atom. The molecule has 160 valence electrons. The van der Waals surface area contributed by atoms with Gasteiger partial charge >= 0.3 is 0 Å². The SMILES string of the molecule is CCN(CC)c1ccc(/C=C2\SC(=O)N(CCOc3cccc4ccccc34)C2=O)o1. The minimum atomic E-state index is -0.322. The smallest absolute Gasteiger partial charge is 0.293 e. The van der Waals surface area contributed by atoms with E-state index in [1.807, 2.05) is 54.6 Å². The van der Waals surface area contributed by atoms with Crippen molar-refractivity contribution in [2.24, 2.45) is 0 Å². The van der Waals surface area contributed by atoms with Crippen LogP contribution in [0.4, 0.5) is 10.7 Å². The molecule has 0 bridgehead atoms. The van der Waals surface area contributed by atoms with Crippen LogP contribution < -0.4 is 9.64 Å². The van der Waals surface area contributed by atoms with Crippen LogP contribution in [-0.4, -0.2) is 42.3 Å². The maximum atomic E-state index is 12.7. The lowest BCUT2D eigenvalue weighted by Crippen LogP contribution is -2.32. The van der Waals surface area contributed by atoms with E-state index in [0.717, 1.165) is 47.3 Å². The Morgan fingerprint density at radius 2 is 1.81 bits per heavy atom. The van der Waals surface area contributed by atoms with Gasteiger partial charge in [-0.15, -0.1) is 0 Å². The third-order valence-corrected chi connectivity index (χ3v) is 6.06. The van der Waals surface area contributed by atoms with Gasteiger partial charge < -0.3 is 14.1 Å². The average Bonchev–Trinajstić information content (AvgIpc) is 3.34. The van der Waals surface area contributed by atoms with E-state index < -0.39 is 0 Å². The fraction of sp³-hybridized carbons (Fsp3) is 0.250. The van der Waals surface area contributed by atoms with Crippen LogP contribution in [-0.2, 0) is 4.79 Å². The van der Waals surface area contributed by atoms with E-state index in [0.29, 0.717) is 10.7 Å². The van der Waals surface area contributed by atoms with Gasteiger partial charge in [-0.25, -0.2) is 0 Å². The van der Waals surface area contributed by atoms with Crippen LogP contribution in [0.5, 0.6) is 5.75 Å². The Bertz CT molecular complexity index is 1130. The molecule has 0 radical (unpaired) electrons. The molecule has 4 rings (SSSR count). The first kappa shape index (κ1) is 21.1. The monoisotopic (exact) mass is 436 g/mol. The molecule has 31 heavy (non-hydrogen) atoms. The lowest BCUT2D eigenvalue weighted by molar-refractivity contribution is -0.123. The number of ether oxygens (including phenoxy) is 1. The Balaban J connectivity index is 1.41. The van der Waals surface area contributed by atoms with Gasteiger partial charge in [-0.2, -0.15) is 0 Å². The average molecular weight is 437 g/mol. The zero-order chi connectivity index (χ0) is 21.8. The molecule has 2 aromatic carbocycles. The van der Waals surface area contributed by atoms with Crippen LogP contribution in [0.25, 0.3) is 16.8 Å². The van der Waals surface area contributed by atoms with Crippen LogP contribution in [0.2, 0.25) is 0 Å². The second-order valence-corrected chi connectivity index (χ2v) is 8.00. The maximum Gasteiger partial charge on any atom is 0.293 e. The predicted octanol–water partition coefficient (Wildman–Crippen LogP) is 5.39. The van der Waals surface area contributed by atoms with Gasteiger partial charge in [0.15, 0.2) is 5.88 Å². The Kier molecular flexibility index (Phi) is 6.32. The highest BCUT2D eigenvalue weighted by Crippen LogP contribution is 2.33. The number of amides is 2. The van der Waals surface area contributed by atoms with Crippen LogP contribution in [0.1, 0.15) is 19.6 Å². The van der Waals surface area contributed by atoms with Crippen molar-refractivity contribution in [3.63, 3.8) is 0 Å². The van der Waals surface area contributed by atoms with E-state index in [9.17, 15) is 9.59 Å². The third kappa shape index (κ3) is 4.46. The number of anilines is 1. The van der Waals surface area contributed by atoms with E-state index in [2.05, 4.69) is 18.7 Å². The minimum absolute atomic E-state index is 0.189. The first-order chi connectivity index (χ1) is 15.1. The van der Waals surface area contributed by atoms with Gasteiger partial charge in [0.1, 0.15) is 18.1 Å². The van der Waals surface area contributed by atoms with Gasteiger partial charge in [0.2, 0.25) is 0 Å². The summed E-state index contributed by atoms with van der Waals surface area (Å²) in [6.45, 7) is 6.18. The molecule has 2 heterocycles. The molecule has 3 aromatic rings. The number of benzene rings is 2. The fourth-order valence-electron chi connectivity index (χ4n) is 3.52. The number of carbonyl (C=O) groups is 2. The first-order valence-corrected chi connectivity index (χ1v) is 11.1. The first-order valence-electron chi connectivity index (χ1n) is 10.3. The molecule has 0 spiro atoms. The highest BCUT2D eigenvalue weighted by atomic mass is 32.2. The summed E-state index contributed by atoms with van der Waals surface area (Å²) in [6.07, 6.45) is 1.63. The molecule has 1 aromatic heterocycles. The molecule has 0 saturated carbocycles. The van der Waals surface area contributed by atoms with Crippen molar-refractivity contribution in [1.29, 1.82) is 0 Å². The Morgan fingerprint density at radius 3 is 2.61 bits per heavy atom. The molecule has 7 heteroatoms. The second-order valence-electron chi connectivity index (χ2n) is 7.01. The largest absolute Gasteiger partial charge is 0.491 e. The number of furan rings is 1. The molecule has 0 aliphatic carbocycles. The Labute approximate surface area is 185 Å². The molecule has 6 nitrogen and oxygen atoms in total. The van der Waals surface area contributed by atoms with Crippen molar-refractivity contribution >= 4 is 45.6 Å². The summed E-state index contributed by atoms with van der Waals surface area (Å²) in [4.78, 5) is 28.8. The standard InChI is InChI=1S/C24H24N2O4S/c1-3-25(4-2)22-13-12-18(30-22)16-21-23(27)26(24(28)31-21)14-15-29-20-11-7-9-17-8-5-6-10-19(17)20/h5-13,16H,3-4,14-15H2,1-2H3/b21-16-. The number of rotatable bonds is 8. The van der Waals surface area contributed by atoms with Crippen molar-refractivity contribution in [3.8, 4) is 5.75 Å². The minimum Gasteiger partial charge on any atom is -0.491 e. The van der Waals surface area contributed by atoms with E-state index in [1.165, 1.54) is 4.90 Å². The number of carbonyl (C=O) groups excluding carboxylic acids is 2. The number of thioether (sulfide) groups is 1. The molecule has 0 atom stereocenters. The Hall–Kier alpha value is -3.19. The topological polar surface area (TPSA) is 63.0 Å². The number of fused-ring (bicyclic) bond motifs is 1. The lowest BCUT2D eigenvalue weighted by Gasteiger charge is -2.16. The van der Waals surface area contributed by atoms with Crippen LogP contribution in [0, 0.1) is 0 Å². The number of nitrogens with zero attached hydrogens (tertiary/aromatic N) is 2. The fourth-order valence-corrected chi connectivity index (χ4v) is 4.36. The van der Waals surface area contributed by atoms with Gasteiger partial charge in [-0.3, -0.25) is 14.5 Å². The zero-order valence-corrected chi connectivity index (χ0v) is 18.4. The molecule has 1 saturated heterocycles. The van der Waals surface area contributed by atoms with E-state index in [-0.39, 0.29) is 24.3 Å². The van der Waals surface area contributed by atoms with Crippen molar-refractivity contribution < 1.29 is 18.7 Å². The number of imide groups is 1. The van der Waals surface area contributed by atoms with E-state index >= 15 is 0 Å². The molecule has 1 fully saturated rings. The summed E-state index contributed by atoms with van der Waals surface area (Å²) in [5.74, 6) is 1.72. The highest BCUT2D eigenvalue weighted by molar-refractivity contribution is 8.18. The second kappa shape index (κ2) is 9.31. The molecule has 1 aliphatic rings. The van der Waals surface area contributed by atoms with Gasteiger partial charge in [0.25, 0.3) is 11.1 Å². The van der Waals surface area contributed by atoms with Gasteiger partial charge in [-0.1, -0.05) is 36.4 Å². The number of hydrogen-bond donors (Lipinski definition) is 0. The molecule has 1 aliphatic heterocycles. The van der Waals surface area contributed by atoms with Gasteiger partial charge in [-0.05, 0) is 43.1 Å². The maximum absolute atomic E-state index is 12.7. The van der Waals surface area contributed by atoms with Gasteiger partial charge in [0, 0.05) is 30.6 Å². The third-order valence-electron chi connectivity index (χ3n) is 5.16. The summed E-state index contributed by atoms with van der Waals surface area (Å²) in [5.41, 5.74) is 0. The summed E-state index contributed by atoms with van der Waals surface area (Å²) in [6, 6.07) is 17.5. The lowest BCUT2D eigenvalue weighted by atomic mass is 10.1. The summed E-state index contributed by atoms with van der Waals surface area (Å²) < 4.78 is 11.7. The molecule has 0 N–H and O–H groups in total. The zero-order valence-electron chi connectivity index (χ0n) is 17.5. The van der Waals surface area contributed by atoms with Crippen LogP contribution in [0.3, 0.4) is 0 Å². The summed E-state index contributed by atoms with van der Waals surface area (Å²) in [5, 5.41) is 1.78. The van der Waals surface area contributed by atoms with Crippen molar-refractivity contribution in [2.45, 2.75) is 13.8 Å². The summed E-state index contributed by atoms with van der Waals surface area (Å²) in [7, 11) is 0. The van der Waals surface area contributed by atoms with Crippen molar-refractivity contribution in [3.05, 3.63) is 65.3 Å². The predicted molar refractivity (Wildman–Crippen MR) is 124 cm³/mol. The van der Waals surface area contributed by atoms with Crippen LogP contribution >= 0.6 is 11.8 Å². The van der Waals surface area contributed by atoms with E-state index in [1.54, 1.807) is 6.08 Å². The van der Waals surface area contributed by atoms with Gasteiger partial charge in [0.05, 0.1) is 11.4 Å². The van der Waals surface area contributed by atoms with E-state index in [4.69, 9.17) is 9.15 Å². The number of hydrogen-bond acceptors (Lipinski definition) is 6.